The number of ketones is 1. The Balaban J connectivity index is 1.92. The predicted octanol–water partition coefficient (Wildman–Crippen LogP) is 4.76. The van der Waals surface area contributed by atoms with Gasteiger partial charge in [0, 0.05) is 23.4 Å². The average Bonchev–Trinajstić information content (AvgIpc) is 2.68. The van der Waals surface area contributed by atoms with Crippen LogP contribution in [-0.2, 0) is 0 Å². The monoisotopic (exact) mass is 327 g/mol. The lowest BCUT2D eigenvalue weighted by molar-refractivity contribution is -0.434. The second-order valence-corrected chi connectivity index (χ2v) is 6.14. The molecule has 3 aromatic rings. The molecule has 0 radical (unpaired) electrons. The number of nitrogens with zero attached hydrogens (tertiary/aromatic N) is 2. The van der Waals surface area contributed by atoms with Crippen molar-refractivity contribution in [3.8, 4) is 0 Å². The Morgan fingerprint density at radius 2 is 1.56 bits per heavy atom. The van der Waals surface area contributed by atoms with E-state index in [0.29, 0.717) is 6.67 Å². The summed E-state index contributed by atoms with van der Waals surface area (Å²) in [5.41, 5.74) is 4.99. The SMILES string of the molecule is CC(=O)c1cccc2c1N(c1ccccc1)C[N+](c1ccccc1)=C2. The van der Waals surface area contributed by atoms with Crippen LogP contribution in [0.15, 0.2) is 78.9 Å². The van der Waals surface area contributed by atoms with E-state index in [1.807, 2.05) is 48.5 Å². The molecular formula is C22H19N2O+. The van der Waals surface area contributed by atoms with Crippen molar-refractivity contribution < 1.29 is 9.37 Å². The van der Waals surface area contributed by atoms with Crippen molar-refractivity contribution in [2.45, 2.75) is 6.92 Å². The number of hydrogen-bond acceptors (Lipinski definition) is 2. The van der Waals surface area contributed by atoms with Crippen molar-refractivity contribution >= 4 is 29.1 Å². The zero-order chi connectivity index (χ0) is 17.2. The Morgan fingerprint density at radius 1 is 0.880 bits per heavy atom. The third kappa shape index (κ3) is 2.85. The van der Waals surface area contributed by atoms with Crippen LogP contribution in [0.25, 0.3) is 0 Å². The number of hydrogen-bond donors (Lipinski definition) is 0. The molecule has 0 amide bonds. The number of benzene rings is 3. The number of carbonyl (C=O) groups is 1. The summed E-state index contributed by atoms with van der Waals surface area (Å²) in [5.74, 6) is 0.0827. The first-order chi connectivity index (χ1) is 12.2. The fourth-order valence-electron chi connectivity index (χ4n) is 3.28. The lowest BCUT2D eigenvalue weighted by Crippen LogP contribution is -2.33. The fraction of sp³-hybridized carbons (Fsp3) is 0.0909. The zero-order valence-electron chi connectivity index (χ0n) is 14.1. The van der Waals surface area contributed by atoms with Gasteiger partial charge in [0.15, 0.2) is 12.0 Å². The van der Waals surface area contributed by atoms with Crippen LogP contribution in [0.2, 0.25) is 0 Å². The Hall–Kier alpha value is -3.20. The Kier molecular flexibility index (Phi) is 3.90. The summed E-state index contributed by atoms with van der Waals surface area (Å²) in [6.45, 7) is 2.29. The van der Waals surface area contributed by atoms with Gasteiger partial charge in [0.1, 0.15) is 0 Å². The Bertz CT molecular complexity index is 946. The molecule has 0 unspecified atom stereocenters. The van der Waals surface area contributed by atoms with Crippen molar-refractivity contribution in [3.63, 3.8) is 0 Å². The highest BCUT2D eigenvalue weighted by molar-refractivity contribution is 6.05. The summed E-state index contributed by atoms with van der Waals surface area (Å²) in [6.07, 6.45) is 2.12. The molecule has 0 aromatic heterocycles. The van der Waals surface area contributed by atoms with Crippen LogP contribution < -0.4 is 4.90 Å². The normalized spacial score (nSPS) is 13.2. The van der Waals surface area contributed by atoms with E-state index in [1.54, 1.807) is 6.92 Å². The minimum absolute atomic E-state index is 0.0827. The molecule has 3 nitrogen and oxygen atoms in total. The molecule has 0 spiro atoms. The van der Waals surface area contributed by atoms with E-state index in [0.717, 1.165) is 28.2 Å². The topological polar surface area (TPSA) is 23.3 Å². The van der Waals surface area contributed by atoms with Crippen LogP contribution in [0.4, 0.5) is 17.1 Å². The van der Waals surface area contributed by atoms with Crippen molar-refractivity contribution in [3.05, 3.63) is 90.0 Å². The van der Waals surface area contributed by atoms with E-state index in [4.69, 9.17) is 0 Å². The summed E-state index contributed by atoms with van der Waals surface area (Å²) in [5, 5.41) is 0. The lowest BCUT2D eigenvalue weighted by Gasteiger charge is -2.29. The molecule has 3 heteroatoms. The summed E-state index contributed by atoms with van der Waals surface area (Å²) in [4.78, 5) is 14.4. The number of para-hydroxylation sites is 3. The van der Waals surface area contributed by atoms with Crippen LogP contribution in [0, 0.1) is 0 Å². The van der Waals surface area contributed by atoms with Gasteiger partial charge in [0.2, 0.25) is 12.4 Å². The van der Waals surface area contributed by atoms with E-state index in [-0.39, 0.29) is 5.78 Å². The largest absolute Gasteiger partial charge is 0.294 e. The molecule has 1 aliphatic heterocycles. The van der Waals surface area contributed by atoms with Crippen LogP contribution in [0.1, 0.15) is 22.8 Å². The minimum atomic E-state index is 0.0827. The molecule has 1 aliphatic rings. The predicted molar refractivity (Wildman–Crippen MR) is 101 cm³/mol. The van der Waals surface area contributed by atoms with Gasteiger partial charge >= 0.3 is 0 Å². The van der Waals surface area contributed by atoms with Gasteiger partial charge in [0.05, 0.1) is 11.3 Å². The Labute approximate surface area is 147 Å². The molecule has 4 rings (SSSR count). The van der Waals surface area contributed by atoms with E-state index >= 15 is 0 Å². The van der Waals surface area contributed by atoms with Crippen molar-refractivity contribution in [1.82, 2.24) is 0 Å². The van der Waals surface area contributed by atoms with Crippen molar-refractivity contribution in [1.29, 1.82) is 0 Å². The molecule has 3 aromatic carbocycles. The molecule has 1 heterocycles. The van der Waals surface area contributed by atoms with Gasteiger partial charge in [-0.15, -0.1) is 0 Å². The van der Waals surface area contributed by atoms with Crippen LogP contribution in [0.3, 0.4) is 0 Å². The highest BCUT2D eigenvalue weighted by Gasteiger charge is 2.28. The van der Waals surface area contributed by atoms with Crippen LogP contribution in [-0.4, -0.2) is 23.2 Å². The molecule has 0 bridgehead atoms. The lowest BCUT2D eigenvalue weighted by atomic mass is 10.0. The van der Waals surface area contributed by atoms with Gasteiger partial charge < -0.3 is 0 Å². The fourth-order valence-corrected chi connectivity index (χ4v) is 3.28. The number of carbonyl (C=O) groups excluding carboxylic acids is 1. The molecule has 0 aliphatic carbocycles. The zero-order valence-corrected chi connectivity index (χ0v) is 14.1. The van der Waals surface area contributed by atoms with Crippen molar-refractivity contribution in [2.75, 3.05) is 11.6 Å². The van der Waals surface area contributed by atoms with Gasteiger partial charge in [-0.05, 0) is 31.2 Å². The first kappa shape index (κ1) is 15.3. The number of fused-ring (bicyclic) bond motifs is 1. The molecule has 0 fully saturated rings. The maximum Gasteiger partial charge on any atom is 0.228 e. The number of Topliss-reactive ketones (excluding diaryl/α,β-unsaturated/α-hetero) is 1. The summed E-state index contributed by atoms with van der Waals surface area (Å²) >= 11 is 0. The Morgan fingerprint density at radius 3 is 2.24 bits per heavy atom. The van der Waals surface area contributed by atoms with Gasteiger partial charge in [-0.2, -0.15) is 4.58 Å². The second-order valence-electron chi connectivity index (χ2n) is 6.14. The molecule has 0 atom stereocenters. The maximum absolute atomic E-state index is 12.2. The van der Waals surface area contributed by atoms with E-state index in [2.05, 4.69) is 46.0 Å². The first-order valence-electron chi connectivity index (χ1n) is 8.37. The van der Waals surface area contributed by atoms with Gasteiger partial charge in [-0.3, -0.25) is 9.69 Å². The molecule has 0 saturated heterocycles. The highest BCUT2D eigenvalue weighted by Crippen LogP contribution is 2.35. The minimum Gasteiger partial charge on any atom is -0.294 e. The number of rotatable bonds is 3. The standard InChI is InChI=1S/C22H19N2O/c1-17(25)21-14-8-9-18-15-23(19-10-4-2-5-11-19)16-24(22(18)21)20-12-6-3-7-13-20/h2-15H,16H2,1H3/q+1. The van der Waals surface area contributed by atoms with Gasteiger partial charge in [-0.1, -0.05) is 42.5 Å². The van der Waals surface area contributed by atoms with E-state index in [1.165, 1.54) is 0 Å². The van der Waals surface area contributed by atoms with Crippen molar-refractivity contribution in [2.24, 2.45) is 0 Å². The smallest absolute Gasteiger partial charge is 0.228 e. The molecule has 0 saturated carbocycles. The third-order valence-electron chi connectivity index (χ3n) is 4.46. The second kappa shape index (κ2) is 6.36. The summed E-state index contributed by atoms with van der Waals surface area (Å²) in [6, 6.07) is 26.4. The average molecular weight is 327 g/mol. The van der Waals surface area contributed by atoms with E-state index < -0.39 is 0 Å². The van der Waals surface area contributed by atoms with E-state index in [9.17, 15) is 4.79 Å². The van der Waals surface area contributed by atoms with Gasteiger partial charge in [-0.25, -0.2) is 0 Å². The van der Waals surface area contributed by atoms with Crippen LogP contribution in [0.5, 0.6) is 0 Å². The molecule has 25 heavy (non-hydrogen) atoms. The summed E-state index contributed by atoms with van der Waals surface area (Å²) in [7, 11) is 0. The molecule has 122 valence electrons. The molecule has 0 N–H and O–H groups in total. The maximum atomic E-state index is 12.2. The first-order valence-corrected chi connectivity index (χ1v) is 8.37. The number of anilines is 2. The quantitative estimate of drug-likeness (QED) is 0.511. The molecular weight excluding hydrogens is 308 g/mol. The van der Waals surface area contributed by atoms with Gasteiger partial charge in [0.25, 0.3) is 0 Å². The summed E-state index contributed by atoms with van der Waals surface area (Å²) < 4.78 is 2.21. The third-order valence-corrected chi connectivity index (χ3v) is 4.46. The van der Waals surface area contributed by atoms with Crippen LogP contribution >= 0.6 is 0 Å². The highest BCUT2D eigenvalue weighted by atomic mass is 16.1.